The average molecular weight is 752 g/mol. The topological polar surface area (TPSA) is 125 Å². The second kappa shape index (κ2) is 16.2. The van der Waals surface area contributed by atoms with Crippen molar-refractivity contribution in [2.24, 2.45) is 0 Å². The van der Waals surface area contributed by atoms with Crippen LogP contribution >= 0.6 is 22.7 Å². The number of aliphatic carboxylic acids is 2. The van der Waals surface area contributed by atoms with E-state index in [0.717, 1.165) is 58.8 Å². The minimum absolute atomic E-state index is 0.351. The lowest BCUT2D eigenvalue weighted by Gasteiger charge is -2.25. The molecule has 2 heterocycles. The maximum absolute atomic E-state index is 11.4. The zero-order valence-corrected chi connectivity index (χ0v) is 30.6. The molecule has 7 rings (SSSR count). The van der Waals surface area contributed by atoms with E-state index in [2.05, 4.69) is 71.6 Å². The smallest absolute Gasteiger partial charge is 0.346 e. The minimum atomic E-state index is -1.28. The predicted molar refractivity (Wildman–Crippen MR) is 221 cm³/mol. The molecular weight excluding hydrogens is 723 g/mol. The van der Waals surface area contributed by atoms with Crippen LogP contribution < -0.4 is 4.90 Å². The first-order chi connectivity index (χ1) is 26.8. The van der Waals surface area contributed by atoms with Gasteiger partial charge in [0.1, 0.15) is 23.3 Å². The summed E-state index contributed by atoms with van der Waals surface area (Å²) in [6.45, 7) is 0. The fraction of sp³-hybridized carbons (Fsp3) is 0. The maximum atomic E-state index is 11.4. The number of benzene rings is 5. The summed E-state index contributed by atoms with van der Waals surface area (Å²) < 4.78 is 0. The van der Waals surface area contributed by atoms with E-state index in [1.807, 2.05) is 60.7 Å². The van der Waals surface area contributed by atoms with Crippen LogP contribution in [0.25, 0.3) is 53.9 Å². The van der Waals surface area contributed by atoms with E-state index in [0.29, 0.717) is 11.1 Å². The lowest BCUT2D eigenvalue weighted by molar-refractivity contribution is -0.133. The molecule has 0 saturated heterocycles. The molecule has 5 aromatic carbocycles. The Kier molecular flexibility index (Phi) is 10.6. The number of hydrogen-bond acceptors (Lipinski definition) is 7. The molecule has 0 aliphatic carbocycles. The van der Waals surface area contributed by atoms with Gasteiger partial charge in [0.25, 0.3) is 0 Å². The fourth-order valence-electron chi connectivity index (χ4n) is 6.05. The summed E-state index contributed by atoms with van der Waals surface area (Å²) in [5.41, 5.74) is 7.54. The zero-order chi connectivity index (χ0) is 38.3. The fourth-order valence-corrected chi connectivity index (χ4v) is 8.33. The third-order valence-electron chi connectivity index (χ3n) is 8.74. The van der Waals surface area contributed by atoms with Gasteiger partial charge in [-0.1, -0.05) is 97.1 Å². The Balaban J connectivity index is 1.23. The molecule has 0 saturated carbocycles. The van der Waals surface area contributed by atoms with Crippen molar-refractivity contribution in [3.05, 3.63) is 174 Å². The second-order valence-corrected chi connectivity index (χ2v) is 14.4. The molecule has 2 N–H and O–H groups in total. The molecule has 0 aliphatic rings. The number of anilines is 3. The molecule has 0 atom stereocenters. The summed E-state index contributed by atoms with van der Waals surface area (Å²) >= 11 is 3.33. The van der Waals surface area contributed by atoms with Crippen molar-refractivity contribution < 1.29 is 19.8 Å². The van der Waals surface area contributed by atoms with E-state index in [9.17, 15) is 30.3 Å². The first kappa shape index (κ1) is 36.1. The molecule has 2 aromatic heterocycles. The highest BCUT2D eigenvalue weighted by Crippen LogP contribution is 2.46. The third-order valence-corrected chi connectivity index (χ3v) is 11.3. The van der Waals surface area contributed by atoms with Gasteiger partial charge in [-0.15, -0.1) is 22.7 Å². The zero-order valence-electron chi connectivity index (χ0n) is 29.0. The highest BCUT2D eigenvalue weighted by atomic mass is 32.1. The van der Waals surface area contributed by atoms with Gasteiger partial charge in [0.15, 0.2) is 0 Å². The standard InChI is InChI=1S/C46H29N3O4S2/c47-28-35(45(50)51)25-30-11-15-32(16-12-30)40-27-43(55-44(40)34-17-13-31(14-18-34)26-36(29-48)46(52)53)42-24-23-41(54-42)33-19-21-39(22-20-33)49(37-7-3-1-4-8-37)38-9-5-2-6-10-38/h1-27H,(H,50,51)(H,52,53)/b35-25+,36-26+. The molecule has 264 valence electrons. The Hall–Kier alpha value is -7.30. The number of para-hydroxylation sites is 2. The number of carboxylic acids is 2. The van der Waals surface area contributed by atoms with E-state index in [-0.39, 0.29) is 11.1 Å². The first-order valence-electron chi connectivity index (χ1n) is 17.0. The minimum Gasteiger partial charge on any atom is -0.477 e. The first-order valence-corrected chi connectivity index (χ1v) is 18.6. The van der Waals surface area contributed by atoms with E-state index < -0.39 is 11.9 Å². The van der Waals surface area contributed by atoms with Gasteiger partial charge in [-0.2, -0.15) is 10.5 Å². The summed E-state index contributed by atoms with van der Waals surface area (Å²) in [7, 11) is 0. The van der Waals surface area contributed by atoms with Crippen LogP contribution in [0, 0.1) is 22.7 Å². The van der Waals surface area contributed by atoms with Crippen molar-refractivity contribution in [3.63, 3.8) is 0 Å². The molecule has 0 spiro atoms. The van der Waals surface area contributed by atoms with E-state index in [4.69, 9.17) is 0 Å². The summed E-state index contributed by atoms with van der Waals surface area (Å²) in [5.74, 6) is -2.57. The van der Waals surface area contributed by atoms with Gasteiger partial charge in [-0.25, -0.2) is 9.59 Å². The van der Waals surface area contributed by atoms with Crippen molar-refractivity contribution >= 4 is 63.8 Å². The van der Waals surface area contributed by atoms with Gasteiger partial charge in [-0.3, -0.25) is 0 Å². The van der Waals surface area contributed by atoms with Gasteiger partial charge < -0.3 is 15.1 Å². The van der Waals surface area contributed by atoms with Crippen LogP contribution in [0.5, 0.6) is 0 Å². The van der Waals surface area contributed by atoms with Crippen LogP contribution in [0.3, 0.4) is 0 Å². The maximum Gasteiger partial charge on any atom is 0.346 e. The summed E-state index contributed by atoms with van der Waals surface area (Å²) in [6.07, 6.45) is 2.68. The molecule has 0 radical (unpaired) electrons. The average Bonchev–Trinajstić information content (AvgIpc) is 3.89. The van der Waals surface area contributed by atoms with Crippen molar-refractivity contribution in [2.45, 2.75) is 0 Å². The third kappa shape index (κ3) is 8.04. The summed E-state index contributed by atoms with van der Waals surface area (Å²) in [6, 6.07) is 53.7. The summed E-state index contributed by atoms with van der Waals surface area (Å²) in [5, 5.41) is 37.1. The van der Waals surface area contributed by atoms with E-state index >= 15 is 0 Å². The lowest BCUT2D eigenvalue weighted by atomic mass is 9.99. The van der Waals surface area contributed by atoms with Gasteiger partial charge in [0.2, 0.25) is 0 Å². The Morgan fingerprint density at radius 2 is 0.964 bits per heavy atom. The second-order valence-electron chi connectivity index (χ2n) is 12.3. The largest absolute Gasteiger partial charge is 0.477 e. The van der Waals surface area contributed by atoms with Crippen molar-refractivity contribution in [3.8, 4) is 53.9 Å². The van der Waals surface area contributed by atoms with Crippen LogP contribution in [-0.2, 0) is 9.59 Å². The molecule has 0 aliphatic heterocycles. The van der Waals surface area contributed by atoms with Crippen LogP contribution in [0.4, 0.5) is 17.1 Å². The Labute approximate surface area is 325 Å². The quantitative estimate of drug-likeness (QED) is 0.0995. The SMILES string of the molecule is N#C/C(=C\c1ccc(-c2cc(-c3ccc(-c4ccc(N(c5ccccc5)c5ccccc5)cc4)s3)sc2-c2ccc(/C=C(\C#N)C(=O)O)cc2)cc1)C(=O)O. The van der Waals surface area contributed by atoms with E-state index in [1.54, 1.807) is 59.1 Å². The number of nitriles is 2. The van der Waals surface area contributed by atoms with Crippen molar-refractivity contribution in [2.75, 3.05) is 4.90 Å². The molecule has 0 fully saturated rings. The molecule has 55 heavy (non-hydrogen) atoms. The van der Waals surface area contributed by atoms with Crippen LogP contribution in [0.2, 0.25) is 0 Å². The van der Waals surface area contributed by atoms with Crippen molar-refractivity contribution in [1.82, 2.24) is 0 Å². The van der Waals surface area contributed by atoms with Crippen LogP contribution in [-0.4, -0.2) is 22.2 Å². The highest BCUT2D eigenvalue weighted by molar-refractivity contribution is 7.25. The van der Waals surface area contributed by atoms with Gasteiger partial charge >= 0.3 is 11.9 Å². The van der Waals surface area contributed by atoms with Crippen LogP contribution in [0.1, 0.15) is 11.1 Å². The molecule has 0 unspecified atom stereocenters. The molecular formula is C46H29N3O4S2. The van der Waals surface area contributed by atoms with Crippen molar-refractivity contribution in [1.29, 1.82) is 10.5 Å². The number of carboxylic acid groups (broad SMARTS) is 2. The molecule has 0 bridgehead atoms. The number of rotatable bonds is 11. The molecule has 0 amide bonds. The Morgan fingerprint density at radius 3 is 1.45 bits per heavy atom. The number of carbonyl (C=O) groups is 2. The molecule has 7 nitrogen and oxygen atoms in total. The Morgan fingerprint density at radius 1 is 0.509 bits per heavy atom. The van der Waals surface area contributed by atoms with Crippen LogP contribution in [0.15, 0.2) is 163 Å². The number of thiophene rings is 2. The van der Waals surface area contributed by atoms with Gasteiger partial charge in [-0.05, 0) is 94.6 Å². The monoisotopic (exact) mass is 751 g/mol. The molecule has 7 aromatic rings. The normalized spacial score (nSPS) is 11.4. The summed E-state index contributed by atoms with van der Waals surface area (Å²) in [4.78, 5) is 29.3. The number of nitrogens with zero attached hydrogens (tertiary/aromatic N) is 3. The molecule has 9 heteroatoms. The highest BCUT2D eigenvalue weighted by Gasteiger charge is 2.18. The van der Waals surface area contributed by atoms with Gasteiger partial charge in [0, 0.05) is 42.1 Å². The lowest BCUT2D eigenvalue weighted by Crippen LogP contribution is -2.09. The number of hydrogen-bond donors (Lipinski definition) is 2. The Bertz CT molecular complexity index is 2500. The van der Waals surface area contributed by atoms with Gasteiger partial charge in [0.05, 0.1) is 0 Å². The predicted octanol–water partition coefficient (Wildman–Crippen LogP) is 11.9. The van der Waals surface area contributed by atoms with E-state index in [1.165, 1.54) is 12.2 Å².